The quantitative estimate of drug-likeness (QED) is 0.807. The average molecular weight is 242 g/mol. The molecule has 1 heterocycles. The van der Waals surface area contributed by atoms with E-state index in [-0.39, 0.29) is 11.3 Å². The molecule has 1 fully saturated rings. The molecule has 17 heavy (non-hydrogen) atoms. The SMILES string of the molecule is CCN(CC1CCOC1)C(=O)[C@H](N)C(C)(C)C. The first-order valence-corrected chi connectivity index (χ1v) is 6.48. The summed E-state index contributed by atoms with van der Waals surface area (Å²) in [6.07, 6.45) is 1.05. The standard InChI is InChI=1S/C13H26N2O2/c1-5-15(8-10-6-7-17-9-10)12(16)11(14)13(2,3)4/h10-11H,5-9,14H2,1-4H3/t10?,11-/m0/s1. The van der Waals surface area contributed by atoms with E-state index in [1.54, 1.807) is 0 Å². The number of carbonyl (C=O) groups excluding carboxylic acids is 1. The van der Waals surface area contributed by atoms with Gasteiger partial charge in [-0.15, -0.1) is 0 Å². The zero-order chi connectivity index (χ0) is 13.1. The molecule has 0 bridgehead atoms. The van der Waals surface area contributed by atoms with Gasteiger partial charge >= 0.3 is 0 Å². The molecule has 4 nitrogen and oxygen atoms in total. The van der Waals surface area contributed by atoms with Crippen LogP contribution in [-0.2, 0) is 9.53 Å². The van der Waals surface area contributed by atoms with Gasteiger partial charge < -0.3 is 15.4 Å². The lowest BCUT2D eigenvalue weighted by Gasteiger charge is -2.32. The summed E-state index contributed by atoms with van der Waals surface area (Å²) >= 11 is 0. The molecule has 2 atom stereocenters. The molecule has 1 unspecified atom stereocenters. The number of amides is 1. The molecule has 4 heteroatoms. The van der Waals surface area contributed by atoms with Gasteiger partial charge in [0.15, 0.2) is 0 Å². The highest BCUT2D eigenvalue weighted by Gasteiger charge is 2.31. The van der Waals surface area contributed by atoms with Crippen LogP contribution >= 0.6 is 0 Å². The van der Waals surface area contributed by atoms with Crippen molar-refractivity contribution in [3.05, 3.63) is 0 Å². The predicted octanol–water partition coefficient (Wildman–Crippen LogP) is 1.24. The van der Waals surface area contributed by atoms with Crippen LogP contribution < -0.4 is 5.73 Å². The van der Waals surface area contributed by atoms with E-state index in [4.69, 9.17) is 10.5 Å². The number of carbonyl (C=O) groups is 1. The number of likely N-dealkylation sites (N-methyl/N-ethyl adjacent to an activating group) is 1. The fraction of sp³-hybridized carbons (Fsp3) is 0.923. The van der Waals surface area contributed by atoms with Crippen LogP contribution in [0.15, 0.2) is 0 Å². The molecule has 0 aromatic carbocycles. The van der Waals surface area contributed by atoms with E-state index < -0.39 is 6.04 Å². The molecule has 2 N–H and O–H groups in total. The largest absolute Gasteiger partial charge is 0.381 e. The minimum Gasteiger partial charge on any atom is -0.381 e. The number of nitrogens with two attached hydrogens (primary N) is 1. The smallest absolute Gasteiger partial charge is 0.240 e. The molecule has 0 aromatic heterocycles. The topological polar surface area (TPSA) is 55.6 Å². The van der Waals surface area contributed by atoms with Gasteiger partial charge in [-0.25, -0.2) is 0 Å². The maximum atomic E-state index is 12.3. The summed E-state index contributed by atoms with van der Waals surface area (Å²) < 4.78 is 5.34. The molecule has 1 saturated heterocycles. The maximum Gasteiger partial charge on any atom is 0.240 e. The second-order valence-corrected chi connectivity index (χ2v) is 5.95. The zero-order valence-electron chi connectivity index (χ0n) is 11.5. The second-order valence-electron chi connectivity index (χ2n) is 5.95. The molecular weight excluding hydrogens is 216 g/mol. The van der Waals surface area contributed by atoms with Crippen molar-refractivity contribution in [1.29, 1.82) is 0 Å². The minimum absolute atomic E-state index is 0.0619. The predicted molar refractivity (Wildman–Crippen MR) is 68.6 cm³/mol. The van der Waals surface area contributed by atoms with Crippen molar-refractivity contribution in [2.45, 2.75) is 40.2 Å². The third-order valence-corrected chi connectivity index (χ3v) is 3.40. The third-order valence-electron chi connectivity index (χ3n) is 3.40. The van der Waals surface area contributed by atoms with Gasteiger partial charge in [0.25, 0.3) is 0 Å². The first-order chi connectivity index (χ1) is 7.86. The van der Waals surface area contributed by atoms with Crippen molar-refractivity contribution in [2.75, 3.05) is 26.3 Å². The van der Waals surface area contributed by atoms with E-state index in [2.05, 4.69) is 0 Å². The fourth-order valence-electron chi connectivity index (χ4n) is 1.98. The summed E-state index contributed by atoms with van der Waals surface area (Å²) in [6.45, 7) is 11.1. The third kappa shape index (κ3) is 3.96. The molecule has 1 amide bonds. The van der Waals surface area contributed by atoms with Gasteiger partial charge in [0, 0.05) is 25.6 Å². The van der Waals surface area contributed by atoms with Gasteiger partial charge in [0.05, 0.1) is 12.6 Å². The Bertz CT molecular complexity index is 255. The number of hydrogen-bond donors (Lipinski definition) is 1. The summed E-state index contributed by atoms with van der Waals surface area (Å²) in [4.78, 5) is 14.1. The summed E-state index contributed by atoms with van der Waals surface area (Å²) in [6, 6.07) is -0.426. The summed E-state index contributed by atoms with van der Waals surface area (Å²) in [7, 11) is 0. The van der Waals surface area contributed by atoms with Gasteiger partial charge in [-0.05, 0) is 18.8 Å². The second kappa shape index (κ2) is 5.83. The average Bonchev–Trinajstić information content (AvgIpc) is 2.75. The van der Waals surface area contributed by atoms with E-state index in [1.165, 1.54) is 0 Å². The zero-order valence-corrected chi connectivity index (χ0v) is 11.5. The highest BCUT2D eigenvalue weighted by molar-refractivity contribution is 5.82. The van der Waals surface area contributed by atoms with Gasteiger partial charge in [-0.1, -0.05) is 20.8 Å². The van der Waals surface area contributed by atoms with E-state index >= 15 is 0 Å². The molecule has 0 saturated carbocycles. The van der Waals surface area contributed by atoms with E-state index in [9.17, 15) is 4.79 Å². The molecule has 100 valence electrons. The van der Waals surface area contributed by atoms with Crippen LogP contribution in [0.5, 0.6) is 0 Å². The highest BCUT2D eigenvalue weighted by atomic mass is 16.5. The van der Waals surface area contributed by atoms with Gasteiger partial charge in [0.2, 0.25) is 5.91 Å². The molecular formula is C13H26N2O2. The molecule has 0 radical (unpaired) electrons. The number of ether oxygens (including phenoxy) is 1. The molecule has 1 aliphatic rings. The Kier molecular flexibility index (Phi) is 4.95. The number of hydrogen-bond acceptors (Lipinski definition) is 3. The Morgan fingerprint density at radius 3 is 2.59 bits per heavy atom. The van der Waals surface area contributed by atoms with Crippen molar-refractivity contribution in [1.82, 2.24) is 4.90 Å². The Hall–Kier alpha value is -0.610. The van der Waals surface area contributed by atoms with Crippen LogP contribution in [0.3, 0.4) is 0 Å². The van der Waals surface area contributed by atoms with Crippen LogP contribution in [0.4, 0.5) is 0 Å². The van der Waals surface area contributed by atoms with Crippen molar-refractivity contribution in [3.8, 4) is 0 Å². The molecule has 0 spiro atoms. The van der Waals surface area contributed by atoms with E-state index in [0.717, 1.165) is 32.7 Å². The van der Waals surface area contributed by atoms with E-state index in [1.807, 2.05) is 32.6 Å². The molecule has 0 aromatic rings. The molecule has 0 aliphatic carbocycles. The van der Waals surface area contributed by atoms with Crippen LogP contribution in [-0.4, -0.2) is 43.2 Å². The number of nitrogens with zero attached hydrogens (tertiary/aromatic N) is 1. The first-order valence-electron chi connectivity index (χ1n) is 6.48. The minimum atomic E-state index is -0.426. The van der Waals surface area contributed by atoms with Crippen molar-refractivity contribution in [2.24, 2.45) is 17.1 Å². The Labute approximate surface area is 104 Å². The monoisotopic (exact) mass is 242 g/mol. The van der Waals surface area contributed by atoms with Gasteiger partial charge in [-0.3, -0.25) is 4.79 Å². The Balaban J connectivity index is 2.57. The summed E-state index contributed by atoms with van der Waals surface area (Å²) in [5, 5.41) is 0. The van der Waals surface area contributed by atoms with Crippen molar-refractivity contribution in [3.63, 3.8) is 0 Å². The van der Waals surface area contributed by atoms with Crippen molar-refractivity contribution < 1.29 is 9.53 Å². The van der Waals surface area contributed by atoms with Crippen LogP contribution in [0.2, 0.25) is 0 Å². The highest BCUT2D eigenvalue weighted by Crippen LogP contribution is 2.20. The van der Waals surface area contributed by atoms with Gasteiger partial charge in [0.1, 0.15) is 0 Å². The lowest BCUT2D eigenvalue weighted by Crippen LogP contribution is -2.51. The number of rotatable bonds is 4. The molecule has 1 aliphatic heterocycles. The lowest BCUT2D eigenvalue weighted by atomic mass is 9.86. The van der Waals surface area contributed by atoms with Crippen LogP contribution in [0, 0.1) is 11.3 Å². The van der Waals surface area contributed by atoms with Crippen LogP contribution in [0.25, 0.3) is 0 Å². The summed E-state index contributed by atoms with van der Waals surface area (Å²) in [5.41, 5.74) is 5.84. The van der Waals surface area contributed by atoms with Crippen LogP contribution in [0.1, 0.15) is 34.1 Å². The molecule has 1 rings (SSSR count). The first kappa shape index (κ1) is 14.5. The van der Waals surface area contributed by atoms with E-state index in [0.29, 0.717) is 5.92 Å². The van der Waals surface area contributed by atoms with Gasteiger partial charge in [-0.2, -0.15) is 0 Å². The Morgan fingerprint density at radius 2 is 2.18 bits per heavy atom. The maximum absolute atomic E-state index is 12.3. The summed E-state index contributed by atoms with van der Waals surface area (Å²) in [5.74, 6) is 0.540. The Morgan fingerprint density at radius 1 is 1.53 bits per heavy atom. The van der Waals surface area contributed by atoms with Crippen molar-refractivity contribution >= 4 is 5.91 Å². The fourth-order valence-corrected chi connectivity index (χ4v) is 1.98. The normalized spacial score (nSPS) is 22.5. The lowest BCUT2D eigenvalue weighted by molar-refractivity contribution is -0.135.